The molecule has 29 heavy (non-hydrogen) atoms. The Morgan fingerprint density at radius 3 is 2.83 bits per heavy atom. The van der Waals surface area contributed by atoms with Gasteiger partial charge in [-0.1, -0.05) is 24.3 Å². The molecular weight excluding hydrogens is 366 g/mol. The smallest absolute Gasteiger partial charge is 0.195 e. The minimum Gasteiger partial charge on any atom is -0.493 e. The number of aromatic nitrogens is 2. The molecule has 1 aromatic heterocycles. The van der Waals surface area contributed by atoms with E-state index in [1.165, 1.54) is 0 Å². The van der Waals surface area contributed by atoms with Crippen molar-refractivity contribution in [2.45, 2.75) is 13.0 Å². The third kappa shape index (κ3) is 6.08. The summed E-state index contributed by atoms with van der Waals surface area (Å²) in [5, 5.41) is 6.67. The van der Waals surface area contributed by atoms with Crippen LogP contribution in [0, 0.1) is 0 Å². The third-order valence-corrected chi connectivity index (χ3v) is 4.30. The summed E-state index contributed by atoms with van der Waals surface area (Å²) in [4.78, 5) is 8.46. The van der Waals surface area contributed by atoms with Crippen molar-refractivity contribution in [2.24, 2.45) is 4.99 Å². The minimum atomic E-state index is 0.620. The molecule has 0 saturated carbocycles. The van der Waals surface area contributed by atoms with E-state index in [4.69, 9.17) is 9.47 Å². The van der Waals surface area contributed by atoms with Crippen LogP contribution in [-0.2, 0) is 11.3 Å². The highest BCUT2D eigenvalue weighted by Gasteiger charge is 2.06. The number of hydrogen-bond acceptors (Lipinski definition) is 4. The van der Waals surface area contributed by atoms with E-state index in [-0.39, 0.29) is 0 Å². The second kappa shape index (κ2) is 10.9. The van der Waals surface area contributed by atoms with Crippen LogP contribution in [0.1, 0.15) is 12.0 Å². The van der Waals surface area contributed by atoms with Crippen LogP contribution in [0.2, 0.25) is 0 Å². The van der Waals surface area contributed by atoms with E-state index in [0.717, 1.165) is 29.1 Å². The van der Waals surface area contributed by atoms with Crippen molar-refractivity contribution in [3.8, 4) is 11.4 Å². The van der Waals surface area contributed by atoms with Gasteiger partial charge in [-0.25, -0.2) is 4.98 Å². The van der Waals surface area contributed by atoms with Crippen LogP contribution < -0.4 is 15.4 Å². The van der Waals surface area contributed by atoms with Gasteiger partial charge in [0.15, 0.2) is 5.96 Å². The average molecular weight is 393 g/mol. The van der Waals surface area contributed by atoms with E-state index in [0.29, 0.717) is 25.7 Å². The van der Waals surface area contributed by atoms with Gasteiger partial charge >= 0.3 is 0 Å². The molecule has 0 bridgehead atoms. The molecule has 3 aromatic rings. The highest BCUT2D eigenvalue weighted by atomic mass is 16.5. The lowest BCUT2D eigenvalue weighted by atomic mass is 10.1. The maximum absolute atomic E-state index is 5.76. The van der Waals surface area contributed by atoms with Gasteiger partial charge in [-0.05, 0) is 23.8 Å². The zero-order valence-corrected chi connectivity index (χ0v) is 16.8. The monoisotopic (exact) mass is 393 g/mol. The van der Waals surface area contributed by atoms with Gasteiger partial charge in [-0.3, -0.25) is 4.99 Å². The lowest BCUT2D eigenvalue weighted by molar-refractivity contribution is 0.172. The Labute approximate surface area is 171 Å². The number of nitrogens with zero attached hydrogens (tertiary/aromatic N) is 3. The molecule has 2 N–H and O–H groups in total. The summed E-state index contributed by atoms with van der Waals surface area (Å²) in [5.74, 6) is 1.49. The number of hydrogen-bond donors (Lipinski definition) is 2. The second-order valence-electron chi connectivity index (χ2n) is 6.37. The predicted octanol–water partition coefficient (Wildman–Crippen LogP) is 3.48. The number of para-hydroxylation sites is 1. The third-order valence-electron chi connectivity index (χ3n) is 4.30. The van der Waals surface area contributed by atoms with E-state index in [1.807, 2.05) is 47.2 Å². The lowest BCUT2D eigenvalue weighted by Gasteiger charge is -2.15. The van der Waals surface area contributed by atoms with Gasteiger partial charge in [-0.2, -0.15) is 0 Å². The molecule has 7 nitrogen and oxygen atoms in total. The zero-order chi connectivity index (χ0) is 20.3. The maximum Gasteiger partial charge on any atom is 0.195 e. The zero-order valence-electron chi connectivity index (χ0n) is 16.8. The first-order chi connectivity index (χ1) is 14.3. The molecule has 0 spiro atoms. The van der Waals surface area contributed by atoms with Crippen LogP contribution in [0.25, 0.3) is 5.69 Å². The van der Waals surface area contributed by atoms with Gasteiger partial charge in [0.2, 0.25) is 0 Å². The fourth-order valence-electron chi connectivity index (χ4n) is 2.87. The summed E-state index contributed by atoms with van der Waals surface area (Å²) < 4.78 is 12.8. The summed E-state index contributed by atoms with van der Waals surface area (Å²) in [6, 6.07) is 16.0. The van der Waals surface area contributed by atoms with E-state index in [9.17, 15) is 0 Å². The first-order valence-electron chi connectivity index (χ1n) is 9.56. The molecule has 2 aromatic carbocycles. The summed E-state index contributed by atoms with van der Waals surface area (Å²) in [6.07, 6.45) is 6.36. The highest BCUT2D eigenvalue weighted by Crippen LogP contribution is 2.18. The van der Waals surface area contributed by atoms with Crippen LogP contribution in [0.4, 0.5) is 5.69 Å². The number of imidazole rings is 1. The number of nitrogens with one attached hydrogen (secondary N) is 2. The summed E-state index contributed by atoms with van der Waals surface area (Å²) in [7, 11) is 3.44. The van der Waals surface area contributed by atoms with Crippen LogP contribution in [-0.4, -0.2) is 42.9 Å². The van der Waals surface area contributed by atoms with Crippen LogP contribution >= 0.6 is 0 Å². The second-order valence-corrected chi connectivity index (χ2v) is 6.37. The van der Waals surface area contributed by atoms with Gasteiger partial charge in [0.1, 0.15) is 5.75 Å². The molecule has 0 atom stereocenters. The van der Waals surface area contributed by atoms with Crippen molar-refractivity contribution >= 4 is 11.6 Å². The Morgan fingerprint density at radius 1 is 1.14 bits per heavy atom. The molecule has 0 fully saturated rings. The largest absolute Gasteiger partial charge is 0.493 e. The average Bonchev–Trinajstić information content (AvgIpc) is 3.29. The number of aliphatic imine (C=N–C) groups is 1. The fraction of sp³-hybridized carbons (Fsp3) is 0.273. The minimum absolute atomic E-state index is 0.620. The normalized spacial score (nSPS) is 11.3. The van der Waals surface area contributed by atoms with Crippen molar-refractivity contribution < 1.29 is 9.47 Å². The van der Waals surface area contributed by atoms with Gasteiger partial charge in [-0.15, -0.1) is 0 Å². The van der Waals surface area contributed by atoms with Gasteiger partial charge in [0.25, 0.3) is 0 Å². The molecule has 0 saturated heterocycles. The number of guanidine groups is 1. The predicted molar refractivity (Wildman–Crippen MR) is 116 cm³/mol. The molecule has 7 heteroatoms. The van der Waals surface area contributed by atoms with Gasteiger partial charge in [0, 0.05) is 57.9 Å². The van der Waals surface area contributed by atoms with Crippen molar-refractivity contribution in [2.75, 3.05) is 32.7 Å². The lowest BCUT2D eigenvalue weighted by Crippen LogP contribution is -2.30. The van der Waals surface area contributed by atoms with Crippen molar-refractivity contribution in [1.82, 2.24) is 14.9 Å². The summed E-state index contributed by atoms with van der Waals surface area (Å²) in [6.45, 7) is 1.94. The molecule has 0 aliphatic carbocycles. The molecular formula is C22H27N5O2. The SMILES string of the molecule is CN=C(NCc1ccccc1-n1ccnc1)Nc1cccc(OCCCOC)c1. The fourth-order valence-corrected chi connectivity index (χ4v) is 2.87. The van der Waals surface area contributed by atoms with Gasteiger partial charge in [0.05, 0.1) is 18.6 Å². The molecule has 1 heterocycles. The van der Waals surface area contributed by atoms with E-state index >= 15 is 0 Å². The van der Waals surface area contributed by atoms with Gasteiger partial charge < -0.3 is 24.7 Å². The Bertz CT molecular complexity index is 909. The van der Waals surface area contributed by atoms with Crippen LogP contribution in [0.3, 0.4) is 0 Å². The molecule has 0 amide bonds. The molecule has 0 aliphatic rings. The molecule has 0 aliphatic heterocycles. The standard InChI is InChI=1S/C22H27N5O2/c1-23-22(26-19-8-5-9-20(15-19)29-14-6-13-28-2)25-16-18-7-3-4-10-21(18)27-12-11-24-17-27/h3-5,7-12,15,17H,6,13-14,16H2,1-2H3,(H2,23,25,26). The summed E-state index contributed by atoms with van der Waals surface area (Å²) >= 11 is 0. The highest BCUT2D eigenvalue weighted by molar-refractivity contribution is 5.93. The van der Waals surface area contributed by atoms with E-state index in [2.05, 4.69) is 32.7 Å². The van der Waals surface area contributed by atoms with Crippen LogP contribution in [0.5, 0.6) is 5.75 Å². The first-order valence-corrected chi connectivity index (χ1v) is 9.56. The number of rotatable bonds is 9. The molecule has 0 radical (unpaired) electrons. The number of anilines is 1. The maximum atomic E-state index is 5.76. The Balaban J connectivity index is 1.60. The first kappa shape index (κ1) is 20.4. The van der Waals surface area contributed by atoms with Crippen molar-refractivity contribution in [3.63, 3.8) is 0 Å². The molecule has 3 rings (SSSR count). The Morgan fingerprint density at radius 2 is 2.03 bits per heavy atom. The number of ether oxygens (including phenoxy) is 2. The quantitative estimate of drug-likeness (QED) is 0.331. The molecule has 152 valence electrons. The molecule has 0 unspecified atom stereocenters. The van der Waals surface area contributed by atoms with Crippen molar-refractivity contribution in [1.29, 1.82) is 0 Å². The summed E-state index contributed by atoms with van der Waals surface area (Å²) in [5.41, 5.74) is 3.13. The van der Waals surface area contributed by atoms with E-state index < -0.39 is 0 Å². The van der Waals surface area contributed by atoms with Crippen LogP contribution in [0.15, 0.2) is 72.2 Å². The number of methoxy groups -OCH3 is 1. The van der Waals surface area contributed by atoms with E-state index in [1.54, 1.807) is 26.7 Å². The Hall–Kier alpha value is -3.32. The topological polar surface area (TPSA) is 72.7 Å². The number of benzene rings is 2. The Kier molecular flexibility index (Phi) is 7.65. The van der Waals surface area contributed by atoms with Crippen molar-refractivity contribution in [3.05, 3.63) is 72.8 Å².